The Morgan fingerprint density at radius 1 is 1.31 bits per heavy atom. The number of ketones is 3. The fourth-order valence-electron chi connectivity index (χ4n) is 1.78. The van der Waals surface area contributed by atoms with Gasteiger partial charge < -0.3 is 0 Å². The summed E-state index contributed by atoms with van der Waals surface area (Å²) in [6.07, 6.45) is 1.02. The molecule has 16 heavy (non-hydrogen) atoms. The number of H-pyrrole nitrogens is 1. The van der Waals surface area contributed by atoms with Crippen molar-refractivity contribution in [2.45, 2.75) is 25.7 Å². The molecule has 0 saturated heterocycles. The first kappa shape index (κ1) is 10.6. The van der Waals surface area contributed by atoms with Gasteiger partial charge in [-0.05, 0) is 6.42 Å². The highest BCUT2D eigenvalue weighted by molar-refractivity contribution is 6.20. The fraction of sp³-hybridized carbons (Fsp3) is 0.556. The monoisotopic (exact) mass is 222 g/mol. The molecular formula is C9H10N4O3. The topological polar surface area (TPSA) is 106 Å². The smallest absolute Gasteiger partial charge is 0.181 e. The minimum Gasteiger partial charge on any atom is -0.298 e. The molecule has 1 N–H and O–H groups in total. The SMILES string of the molecule is O=C1CCCC(=O)C1C(=O)Cc1nn[nH]n1. The van der Waals surface area contributed by atoms with E-state index in [0.717, 1.165) is 0 Å². The molecule has 1 fully saturated rings. The van der Waals surface area contributed by atoms with Crippen LogP contribution in [0.2, 0.25) is 0 Å². The van der Waals surface area contributed by atoms with Crippen LogP contribution in [0.15, 0.2) is 0 Å². The van der Waals surface area contributed by atoms with Crippen LogP contribution in [-0.2, 0) is 20.8 Å². The molecule has 1 heterocycles. The van der Waals surface area contributed by atoms with Crippen molar-refractivity contribution >= 4 is 17.3 Å². The minimum atomic E-state index is -1.10. The van der Waals surface area contributed by atoms with Gasteiger partial charge in [0.15, 0.2) is 23.2 Å². The van der Waals surface area contributed by atoms with Gasteiger partial charge in [-0.1, -0.05) is 5.21 Å². The highest BCUT2D eigenvalue weighted by Gasteiger charge is 2.36. The van der Waals surface area contributed by atoms with Crippen LogP contribution in [0.25, 0.3) is 0 Å². The molecule has 0 aliphatic heterocycles. The van der Waals surface area contributed by atoms with E-state index in [1.807, 2.05) is 0 Å². The number of Topliss-reactive ketones (excluding diaryl/α,β-unsaturated/α-hetero) is 3. The zero-order valence-electron chi connectivity index (χ0n) is 8.47. The molecular weight excluding hydrogens is 212 g/mol. The summed E-state index contributed by atoms with van der Waals surface area (Å²) in [7, 11) is 0. The van der Waals surface area contributed by atoms with Crippen molar-refractivity contribution in [3.05, 3.63) is 5.82 Å². The van der Waals surface area contributed by atoms with Gasteiger partial charge in [0.2, 0.25) is 0 Å². The summed E-state index contributed by atoms with van der Waals surface area (Å²) in [4.78, 5) is 34.7. The van der Waals surface area contributed by atoms with Crippen molar-refractivity contribution in [2.75, 3.05) is 0 Å². The lowest BCUT2D eigenvalue weighted by atomic mass is 9.83. The van der Waals surface area contributed by atoms with E-state index in [1.165, 1.54) is 0 Å². The molecule has 7 nitrogen and oxygen atoms in total. The van der Waals surface area contributed by atoms with Crippen LogP contribution in [0.5, 0.6) is 0 Å². The highest BCUT2D eigenvalue weighted by Crippen LogP contribution is 2.19. The maximum atomic E-state index is 11.7. The van der Waals surface area contributed by atoms with Crippen LogP contribution >= 0.6 is 0 Å². The average molecular weight is 222 g/mol. The molecule has 0 atom stereocenters. The highest BCUT2D eigenvalue weighted by atomic mass is 16.2. The molecule has 0 radical (unpaired) electrons. The second kappa shape index (κ2) is 4.30. The molecule has 84 valence electrons. The molecule has 0 spiro atoms. The van der Waals surface area contributed by atoms with E-state index in [1.54, 1.807) is 0 Å². The van der Waals surface area contributed by atoms with Gasteiger partial charge >= 0.3 is 0 Å². The Kier molecular flexibility index (Phi) is 2.84. The van der Waals surface area contributed by atoms with Gasteiger partial charge in [0.1, 0.15) is 5.92 Å². The van der Waals surface area contributed by atoms with Crippen molar-refractivity contribution < 1.29 is 14.4 Å². The number of hydrogen-bond donors (Lipinski definition) is 1. The summed E-state index contributed by atoms with van der Waals surface area (Å²) in [6, 6.07) is 0. The molecule has 7 heteroatoms. The number of nitrogens with one attached hydrogen (secondary N) is 1. The number of tetrazole rings is 1. The zero-order valence-corrected chi connectivity index (χ0v) is 8.47. The first-order chi connectivity index (χ1) is 7.68. The molecule has 1 aromatic rings. The largest absolute Gasteiger partial charge is 0.298 e. The van der Waals surface area contributed by atoms with Gasteiger partial charge in [-0.2, -0.15) is 5.21 Å². The maximum Gasteiger partial charge on any atom is 0.181 e. The molecule has 0 amide bonds. The second-order valence-electron chi connectivity index (χ2n) is 3.69. The van der Waals surface area contributed by atoms with E-state index in [9.17, 15) is 14.4 Å². The zero-order chi connectivity index (χ0) is 11.5. The predicted molar refractivity (Wildman–Crippen MR) is 50.2 cm³/mol. The Labute approximate surface area is 90.6 Å². The molecule has 2 rings (SSSR count). The molecule has 0 aromatic carbocycles. The number of nitrogens with zero attached hydrogens (tertiary/aromatic N) is 3. The van der Waals surface area contributed by atoms with Crippen molar-refractivity contribution in [2.24, 2.45) is 5.92 Å². The quantitative estimate of drug-likeness (QED) is 0.674. The fourth-order valence-corrected chi connectivity index (χ4v) is 1.78. The average Bonchev–Trinajstić information content (AvgIpc) is 2.70. The predicted octanol–water partition coefficient (Wildman–Crippen LogP) is -0.750. The van der Waals surface area contributed by atoms with Crippen molar-refractivity contribution in [3.8, 4) is 0 Å². The van der Waals surface area contributed by atoms with E-state index < -0.39 is 11.7 Å². The van der Waals surface area contributed by atoms with Crippen LogP contribution in [0.1, 0.15) is 25.1 Å². The third-order valence-corrected chi connectivity index (χ3v) is 2.53. The number of carbonyl (C=O) groups is 3. The number of aromatic amines is 1. The summed E-state index contributed by atoms with van der Waals surface area (Å²) in [5.74, 6) is -1.91. The lowest BCUT2D eigenvalue weighted by Gasteiger charge is -2.17. The minimum absolute atomic E-state index is 0.126. The third-order valence-electron chi connectivity index (χ3n) is 2.53. The summed E-state index contributed by atoms with van der Waals surface area (Å²) in [5, 5.41) is 12.7. The van der Waals surface area contributed by atoms with Crippen LogP contribution in [0.4, 0.5) is 0 Å². The van der Waals surface area contributed by atoms with Gasteiger partial charge in [-0.25, -0.2) is 0 Å². The van der Waals surface area contributed by atoms with Crippen LogP contribution in [-0.4, -0.2) is 38.0 Å². The van der Waals surface area contributed by atoms with E-state index in [4.69, 9.17) is 0 Å². The molecule has 1 aromatic heterocycles. The van der Waals surface area contributed by atoms with Crippen LogP contribution in [0.3, 0.4) is 0 Å². The van der Waals surface area contributed by atoms with Gasteiger partial charge in [-0.3, -0.25) is 14.4 Å². The summed E-state index contributed by atoms with van der Waals surface area (Å²) in [6.45, 7) is 0. The summed E-state index contributed by atoms with van der Waals surface area (Å²) >= 11 is 0. The first-order valence-electron chi connectivity index (χ1n) is 4.99. The van der Waals surface area contributed by atoms with E-state index in [0.29, 0.717) is 19.3 Å². The Hall–Kier alpha value is -1.92. The van der Waals surface area contributed by atoms with Crippen molar-refractivity contribution in [1.29, 1.82) is 0 Å². The number of carbonyl (C=O) groups excluding carboxylic acids is 3. The molecule has 0 bridgehead atoms. The molecule has 1 aliphatic rings. The Bertz CT molecular complexity index is 410. The Balaban J connectivity index is 2.08. The molecule has 1 aliphatic carbocycles. The lowest BCUT2D eigenvalue weighted by molar-refractivity contribution is -0.141. The lowest BCUT2D eigenvalue weighted by Crippen LogP contribution is -2.36. The van der Waals surface area contributed by atoms with Gasteiger partial charge in [0.25, 0.3) is 0 Å². The maximum absolute atomic E-state index is 11.7. The number of rotatable bonds is 3. The Morgan fingerprint density at radius 2 is 2.00 bits per heavy atom. The summed E-state index contributed by atoms with van der Waals surface area (Å²) < 4.78 is 0. The van der Waals surface area contributed by atoms with E-state index in [-0.39, 0.29) is 23.8 Å². The van der Waals surface area contributed by atoms with Gasteiger partial charge in [0, 0.05) is 12.8 Å². The third kappa shape index (κ3) is 2.02. The summed E-state index contributed by atoms with van der Waals surface area (Å²) in [5.41, 5.74) is 0. The normalized spacial score (nSPS) is 17.8. The second-order valence-corrected chi connectivity index (χ2v) is 3.69. The molecule has 0 unspecified atom stereocenters. The molecule has 1 saturated carbocycles. The first-order valence-corrected chi connectivity index (χ1v) is 4.99. The van der Waals surface area contributed by atoms with Gasteiger partial charge in [-0.15, -0.1) is 10.2 Å². The van der Waals surface area contributed by atoms with Crippen LogP contribution < -0.4 is 0 Å². The van der Waals surface area contributed by atoms with E-state index >= 15 is 0 Å². The van der Waals surface area contributed by atoms with Crippen molar-refractivity contribution in [3.63, 3.8) is 0 Å². The van der Waals surface area contributed by atoms with Crippen molar-refractivity contribution in [1.82, 2.24) is 20.6 Å². The van der Waals surface area contributed by atoms with E-state index in [2.05, 4.69) is 20.6 Å². The standard InChI is InChI=1S/C9H10N4O3/c14-5-2-1-3-6(15)9(5)7(16)4-8-10-12-13-11-8/h9H,1-4H2,(H,10,11,12,13). The number of aromatic nitrogens is 4. The van der Waals surface area contributed by atoms with Crippen LogP contribution in [0, 0.1) is 5.92 Å². The van der Waals surface area contributed by atoms with Gasteiger partial charge in [0.05, 0.1) is 6.42 Å². The Morgan fingerprint density at radius 3 is 2.56 bits per heavy atom. The number of hydrogen-bond acceptors (Lipinski definition) is 6.